The summed E-state index contributed by atoms with van der Waals surface area (Å²) in [6.07, 6.45) is 2.25. The van der Waals surface area contributed by atoms with Crippen LogP contribution in [0.5, 0.6) is 0 Å². The van der Waals surface area contributed by atoms with E-state index in [1.807, 2.05) is 6.92 Å². The lowest BCUT2D eigenvalue weighted by Gasteiger charge is -2.14. The molecule has 0 radical (unpaired) electrons. The maximum Gasteiger partial charge on any atom is 0.225 e. The Morgan fingerprint density at radius 1 is 1.60 bits per heavy atom. The molecule has 0 unspecified atom stereocenters. The van der Waals surface area contributed by atoms with Gasteiger partial charge in [0.25, 0.3) is 0 Å². The van der Waals surface area contributed by atoms with E-state index < -0.39 is 0 Å². The molecule has 0 aromatic rings. The molecule has 1 saturated heterocycles. The summed E-state index contributed by atoms with van der Waals surface area (Å²) >= 11 is 0. The van der Waals surface area contributed by atoms with Crippen molar-refractivity contribution in [2.75, 3.05) is 32.9 Å². The Hall–Kier alpha value is -0.870. The molecule has 4 heteroatoms. The van der Waals surface area contributed by atoms with E-state index in [-0.39, 0.29) is 12.0 Å². The van der Waals surface area contributed by atoms with E-state index in [1.54, 1.807) is 11.0 Å². The summed E-state index contributed by atoms with van der Waals surface area (Å²) in [7, 11) is 0. The quantitative estimate of drug-likeness (QED) is 0.464. The maximum absolute atomic E-state index is 11.4. The zero-order valence-electron chi connectivity index (χ0n) is 9.28. The summed E-state index contributed by atoms with van der Waals surface area (Å²) in [5.41, 5.74) is 0. The standard InChI is InChI=1S/C11H19NO3/c1-3-5-12-9-10(8-11(12)13)15-7-6-14-4-2/h3,10H,1,4-9H2,2H3/t10-/m0/s1. The fourth-order valence-corrected chi connectivity index (χ4v) is 1.60. The van der Waals surface area contributed by atoms with Crippen LogP contribution in [0.4, 0.5) is 0 Å². The van der Waals surface area contributed by atoms with Crippen molar-refractivity contribution in [2.24, 2.45) is 0 Å². The topological polar surface area (TPSA) is 38.8 Å². The van der Waals surface area contributed by atoms with E-state index in [1.165, 1.54) is 0 Å². The van der Waals surface area contributed by atoms with E-state index >= 15 is 0 Å². The average Bonchev–Trinajstić information content (AvgIpc) is 2.55. The Bertz CT molecular complexity index is 218. The van der Waals surface area contributed by atoms with Crippen molar-refractivity contribution in [2.45, 2.75) is 19.4 Å². The Morgan fingerprint density at radius 3 is 3.07 bits per heavy atom. The second-order valence-electron chi connectivity index (χ2n) is 3.48. The molecule has 1 fully saturated rings. The molecule has 1 aliphatic heterocycles. The van der Waals surface area contributed by atoms with Gasteiger partial charge in [-0.1, -0.05) is 6.08 Å². The summed E-state index contributed by atoms with van der Waals surface area (Å²) in [4.78, 5) is 13.2. The van der Waals surface area contributed by atoms with Gasteiger partial charge < -0.3 is 14.4 Å². The molecule has 15 heavy (non-hydrogen) atoms. The maximum atomic E-state index is 11.4. The summed E-state index contributed by atoms with van der Waals surface area (Å²) in [5.74, 6) is 0.149. The first-order valence-electron chi connectivity index (χ1n) is 5.36. The summed E-state index contributed by atoms with van der Waals surface area (Å²) < 4.78 is 10.7. The van der Waals surface area contributed by atoms with Crippen molar-refractivity contribution in [3.63, 3.8) is 0 Å². The van der Waals surface area contributed by atoms with Crippen molar-refractivity contribution in [3.8, 4) is 0 Å². The predicted molar refractivity (Wildman–Crippen MR) is 57.6 cm³/mol. The third kappa shape index (κ3) is 4.01. The van der Waals surface area contributed by atoms with Crippen LogP contribution in [0.3, 0.4) is 0 Å². The molecular weight excluding hydrogens is 194 g/mol. The van der Waals surface area contributed by atoms with E-state index in [4.69, 9.17) is 9.47 Å². The molecule has 0 saturated carbocycles. The van der Waals surface area contributed by atoms with Gasteiger partial charge in [0.05, 0.1) is 25.7 Å². The summed E-state index contributed by atoms with van der Waals surface area (Å²) in [5, 5.41) is 0. The van der Waals surface area contributed by atoms with Crippen LogP contribution in [0.2, 0.25) is 0 Å². The highest BCUT2D eigenvalue weighted by Gasteiger charge is 2.28. The van der Waals surface area contributed by atoms with Crippen LogP contribution in [0.25, 0.3) is 0 Å². The van der Waals surface area contributed by atoms with Gasteiger partial charge in [-0.3, -0.25) is 4.79 Å². The van der Waals surface area contributed by atoms with E-state index in [0.717, 1.165) is 0 Å². The van der Waals surface area contributed by atoms with Crippen LogP contribution in [0.15, 0.2) is 12.7 Å². The summed E-state index contributed by atoms with van der Waals surface area (Å²) in [6.45, 7) is 8.72. The van der Waals surface area contributed by atoms with Gasteiger partial charge in [-0.2, -0.15) is 0 Å². The lowest BCUT2D eigenvalue weighted by molar-refractivity contribution is -0.127. The highest BCUT2D eigenvalue weighted by molar-refractivity contribution is 5.79. The van der Waals surface area contributed by atoms with Gasteiger partial charge >= 0.3 is 0 Å². The van der Waals surface area contributed by atoms with Gasteiger partial charge in [0.2, 0.25) is 5.91 Å². The third-order valence-electron chi connectivity index (χ3n) is 2.31. The van der Waals surface area contributed by atoms with Crippen molar-refractivity contribution in [1.82, 2.24) is 4.90 Å². The van der Waals surface area contributed by atoms with E-state index in [2.05, 4.69) is 6.58 Å². The van der Waals surface area contributed by atoms with Crippen LogP contribution in [0, 0.1) is 0 Å². The third-order valence-corrected chi connectivity index (χ3v) is 2.31. The SMILES string of the molecule is C=CCN1C[C@@H](OCCOCC)CC1=O. The molecule has 0 aromatic carbocycles. The second-order valence-corrected chi connectivity index (χ2v) is 3.48. The Balaban J connectivity index is 2.17. The molecule has 0 N–H and O–H groups in total. The molecule has 0 aromatic heterocycles. The lowest BCUT2D eigenvalue weighted by atomic mass is 10.3. The van der Waals surface area contributed by atoms with E-state index in [0.29, 0.717) is 39.3 Å². The number of carbonyl (C=O) groups is 1. The minimum absolute atomic E-state index is 0.0258. The number of amides is 1. The van der Waals surface area contributed by atoms with Crippen LogP contribution < -0.4 is 0 Å². The smallest absolute Gasteiger partial charge is 0.225 e. The van der Waals surface area contributed by atoms with Crippen molar-refractivity contribution < 1.29 is 14.3 Å². The molecular formula is C11H19NO3. The molecule has 1 heterocycles. The van der Waals surface area contributed by atoms with Crippen molar-refractivity contribution in [3.05, 3.63) is 12.7 Å². The molecule has 1 amide bonds. The van der Waals surface area contributed by atoms with Crippen LogP contribution in [-0.4, -0.2) is 49.8 Å². The fraction of sp³-hybridized carbons (Fsp3) is 0.727. The van der Waals surface area contributed by atoms with Gasteiger partial charge in [0.15, 0.2) is 0 Å². The average molecular weight is 213 g/mol. The highest BCUT2D eigenvalue weighted by atomic mass is 16.5. The normalized spacial score (nSPS) is 21.0. The molecule has 86 valence electrons. The monoisotopic (exact) mass is 213 g/mol. The number of rotatable bonds is 7. The summed E-state index contributed by atoms with van der Waals surface area (Å²) in [6, 6.07) is 0. The molecule has 0 spiro atoms. The van der Waals surface area contributed by atoms with Gasteiger partial charge in [0, 0.05) is 19.7 Å². The van der Waals surface area contributed by atoms with Crippen LogP contribution >= 0.6 is 0 Å². The van der Waals surface area contributed by atoms with Crippen LogP contribution in [0.1, 0.15) is 13.3 Å². The zero-order chi connectivity index (χ0) is 11.1. The van der Waals surface area contributed by atoms with Gasteiger partial charge in [-0.25, -0.2) is 0 Å². The number of nitrogens with zero attached hydrogens (tertiary/aromatic N) is 1. The van der Waals surface area contributed by atoms with Gasteiger partial charge in [-0.15, -0.1) is 6.58 Å². The molecule has 1 atom stereocenters. The number of hydrogen-bond acceptors (Lipinski definition) is 3. The first-order chi connectivity index (χ1) is 7.27. The molecule has 1 rings (SSSR count). The minimum Gasteiger partial charge on any atom is -0.379 e. The Labute approximate surface area is 90.8 Å². The molecule has 0 bridgehead atoms. The van der Waals surface area contributed by atoms with Gasteiger partial charge in [-0.05, 0) is 6.92 Å². The Morgan fingerprint density at radius 2 is 2.40 bits per heavy atom. The van der Waals surface area contributed by atoms with Crippen LogP contribution in [-0.2, 0) is 14.3 Å². The molecule has 1 aliphatic rings. The Kier molecular flexibility index (Phi) is 5.36. The first-order valence-corrected chi connectivity index (χ1v) is 5.36. The fourth-order valence-electron chi connectivity index (χ4n) is 1.60. The number of hydrogen-bond donors (Lipinski definition) is 0. The first kappa shape index (κ1) is 12.2. The molecule has 4 nitrogen and oxygen atoms in total. The number of ether oxygens (including phenoxy) is 2. The number of likely N-dealkylation sites (tertiary alicyclic amines) is 1. The van der Waals surface area contributed by atoms with Crippen molar-refractivity contribution in [1.29, 1.82) is 0 Å². The largest absolute Gasteiger partial charge is 0.379 e. The molecule has 0 aliphatic carbocycles. The minimum atomic E-state index is 0.0258. The highest BCUT2D eigenvalue weighted by Crippen LogP contribution is 2.13. The van der Waals surface area contributed by atoms with E-state index in [9.17, 15) is 4.79 Å². The van der Waals surface area contributed by atoms with Crippen molar-refractivity contribution >= 4 is 5.91 Å². The second kappa shape index (κ2) is 6.58. The lowest BCUT2D eigenvalue weighted by Crippen LogP contribution is -2.26. The predicted octanol–water partition coefficient (Wildman–Crippen LogP) is 0.826. The number of carbonyl (C=O) groups excluding carboxylic acids is 1. The zero-order valence-corrected chi connectivity index (χ0v) is 9.28. The van der Waals surface area contributed by atoms with Gasteiger partial charge in [0.1, 0.15) is 0 Å².